The summed E-state index contributed by atoms with van der Waals surface area (Å²) in [5, 5.41) is 4.10. The molecule has 0 spiro atoms. The minimum atomic E-state index is -3.55. The maximum Gasteiger partial charge on any atom is 0.243 e. The molecule has 6 nitrogen and oxygen atoms in total. The molecule has 152 valence electrons. The maximum absolute atomic E-state index is 13.1. The van der Waals surface area contributed by atoms with Gasteiger partial charge in [0.1, 0.15) is 0 Å². The third-order valence-corrected chi connectivity index (χ3v) is 7.46. The fourth-order valence-corrected chi connectivity index (χ4v) is 5.22. The summed E-state index contributed by atoms with van der Waals surface area (Å²) in [4.78, 5) is 4.89. The van der Waals surface area contributed by atoms with Crippen LogP contribution in [0.4, 0.5) is 0 Å². The van der Waals surface area contributed by atoms with Gasteiger partial charge in [0.25, 0.3) is 0 Å². The summed E-state index contributed by atoms with van der Waals surface area (Å²) in [5.74, 6) is 0.937. The van der Waals surface area contributed by atoms with Crippen LogP contribution in [0.2, 0.25) is 0 Å². The summed E-state index contributed by atoms with van der Waals surface area (Å²) >= 11 is 0. The first-order valence-corrected chi connectivity index (χ1v) is 11.3. The Hall–Kier alpha value is -2.51. The molecule has 0 bridgehead atoms. The number of sulfonamides is 1. The van der Waals surface area contributed by atoms with Gasteiger partial charge < -0.3 is 4.52 Å². The molecule has 0 aliphatic carbocycles. The predicted octanol–water partition coefficient (Wildman–Crippen LogP) is 4.23. The normalized spacial score (nSPS) is 18.1. The molecule has 1 aliphatic heterocycles. The van der Waals surface area contributed by atoms with Gasteiger partial charge in [-0.3, -0.25) is 0 Å². The first-order chi connectivity index (χ1) is 13.8. The van der Waals surface area contributed by atoms with Gasteiger partial charge in [-0.15, -0.1) is 0 Å². The Kier molecular flexibility index (Phi) is 5.27. The number of rotatable bonds is 4. The lowest BCUT2D eigenvalue weighted by Gasteiger charge is -2.30. The number of benzene rings is 2. The Bertz CT molecular complexity index is 1120. The summed E-state index contributed by atoms with van der Waals surface area (Å²) in [7, 11) is -3.55. The van der Waals surface area contributed by atoms with Gasteiger partial charge in [-0.2, -0.15) is 9.29 Å². The predicted molar refractivity (Wildman–Crippen MR) is 111 cm³/mol. The lowest BCUT2D eigenvalue weighted by atomic mass is 10.00. The van der Waals surface area contributed by atoms with Crippen molar-refractivity contribution in [3.63, 3.8) is 0 Å². The highest BCUT2D eigenvalue weighted by molar-refractivity contribution is 7.89. The van der Waals surface area contributed by atoms with Crippen LogP contribution >= 0.6 is 0 Å². The van der Waals surface area contributed by atoms with Crippen molar-refractivity contribution in [2.24, 2.45) is 0 Å². The molecule has 0 amide bonds. The molecule has 0 saturated carbocycles. The molecule has 4 rings (SSSR count). The van der Waals surface area contributed by atoms with Gasteiger partial charge in [0.15, 0.2) is 0 Å². The number of hydrogen-bond donors (Lipinski definition) is 0. The van der Waals surface area contributed by atoms with Crippen molar-refractivity contribution in [3.8, 4) is 11.4 Å². The van der Waals surface area contributed by atoms with Crippen LogP contribution in [-0.4, -0.2) is 36.0 Å². The minimum Gasteiger partial charge on any atom is -0.339 e. The molecule has 1 fully saturated rings. The highest BCUT2D eigenvalue weighted by Crippen LogP contribution is 2.31. The number of aromatic nitrogens is 2. The van der Waals surface area contributed by atoms with Gasteiger partial charge in [0, 0.05) is 18.7 Å². The molecule has 7 heteroatoms. The Morgan fingerprint density at radius 3 is 2.52 bits per heavy atom. The van der Waals surface area contributed by atoms with Gasteiger partial charge >= 0.3 is 0 Å². The molecule has 1 aliphatic rings. The topological polar surface area (TPSA) is 76.3 Å². The van der Waals surface area contributed by atoms with Crippen molar-refractivity contribution < 1.29 is 12.9 Å². The van der Waals surface area contributed by atoms with Crippen molar-refractivity contribution in [2.75, 3.05) is 13.1 Å². The number of hydrogen-bond acceptors (Lipinski definition) is 5. The van der Waals surface area contributed by atoms with Crippen molar-refractivity contribution in [1.82, 2.24) is 14.4 Å². The molecule has 29 heavy (non-hydrogen) atoms. The minimum absolute atomic E-state index is 0.100. The average molecular weight is 412 g/mol. The summed E-state index contributed by atoms with van der Waals surface area (Å²) in [6.45, 7) is 6.79. The lowest BCUT2D eigenvalue weighted by molar-refractivity contribution is 0.265. The maximum atomic E-state index is 13.1. The molecule has 1 atom stereocenters. The van der Waals surface area contributed by atoms with E-state index in [0.717, 1.165) is 35.1 Å². The van der Waals surface area contributed by atoms with Crippen LogP contribution in [-0.2, 0) is 10.0 Å². The molecule has 0 radical (unpaired) electrons. The van der Waals surface area contributed by atoms with Crippen LogP contribution in [0.5, 0.6) is 0 Å². The van der Waals surface area contributed by atoms with Crippen LogP contribution < -0.4 is 0 Å². The van der Waals surface area contributed by atoms with E-state index in [1.165, 1.54) is 0 Å². The third-order valence-electron chi connectivity index (χ3n) is 5.60. The Balaban J connectivity index is 1.55. The van der Waals surface area contributed by atoms with E-state index >= 15 is 0 Å². The zero-order chi connectivity index (χ0) is 20.6. The van der Waals surface area contributed by atoms with Gasteiger partial charge in [0.05, 0.1) is 10.8 Å². The van der Waals surface area contributed by atoms with Gasteiger partial charge in [-0.1, -0.05) is 41.1 Å². The Labute approximate surface area is 171 Å². The molecule has 3 aromatic rings. The fourth-order valence-electron chi connectivity index (χ4n) is 3.61. The molecule has 1 saturated heterocycles. The highest BCUT2D eigenvalue weighted by atomic mass is 32.2. The molecule has 2 aromatic carbocycles. The zero-order valence-corrected chi connectivity index (χ0v) is 17.7. The van der Waals surface area contributed by atoms with Gasteiger partial charge in [-0.05, 0) is 56.9 Å². The second kappa shape index (κ2) is 7.72. The summed E-state index contributed by atoms with van der Waals surface area (Å²) in [6, 6.07) is 13.2. The van der Waals surface area contributed by atoms with E-state index in [1.54, 1.807) is 16.4 Å². The van der Waals surface area contributed by atoms with Crippen LogP contribution in [0.1, 0.15) is 41.3 Å². The van der Waals surface area contributed by atoms with E-state index < -0.39 is 10.0 Å². The quantitative estimate of drug-likeness (QED) is 0.642. The molecule has 0 unspecified atom stereocenters. The smallest absolute Gasteiger partial charge is 0.243 e. The fraction of sp³-hybridized carbons (Fsp3) is 0.364. The standard InChI is InChI=1S/C22H25N3O3S/c1-15-6-9-18(10-7-15)21-23-22(28-24-21)19-5-4-12-25(14-19)29(26,27)20-11-8-16(2)17(3)13-20/h6-11,13,19H,4-5,12,14H2,1-3H3/t19-/m1/s1. The van der Waals surface area contributed by atoms with Crippen molar-refractivity contribution in [2.45, 2.75) is 44.4 Å². The van der Waals surface area contributed by atoms with E-state index in [2.05, 4.69) is 10.1 Å². The second-order valence-electron chi connectivity index (χ2n) is 7.77. The van der Waals surface area contributed by atoms with Crippen molar-refractivity contribution >= 4 is 10.0 Å². The van der Waals surface area contributed by atoms with Crippen molar-refractivity contribution in [1.29, 1.82) is 0 Å². The summed E-state index contributed by atoms with van der Waals surface area (Å²) < 4.78 is 33.3. The van der Waals surface area contributed by atoms with E-state index in [4.69, 9.17) is 4.52 Å². The molecular formula is C22H25N3O3S. The van der Waals surface area contributed by atoms with E-state index in [-0.39, 0.29) is 5.92 Å². The first-order valence-electron chi connectivity index (χ1n) is 9.82. The largest absolute Gasteiger partial charge is 0.339 e. The molecule has 0 N–H and O–H groups in total. The van der Waals surface area contributed by atoms with E-state index in [1.807, 2.05) is 51.1 Å². The number of aryl methyl sites for hydroxylation is 3. The van der Waals surface area contributed by atoms with E-state index in [0.29, 0.717) is 29.7 Å². The van der Waals surface area contributed by atoms with Crippen LogP contribution in [0.3, 0.4) is 0 Å². The SMILES string of the molecule is Cc1ccc(-c2noc([C@@H]3CCCN(S(=O)(=O)c4ccc(C)c(C)c4)C3)n2)cc1. The Morgan fingerprint density at radius 2 is 1.79 bits per heavy atom. The van der Waals surface area contributed by atoms with Crippen LogP contribution in [0.25, 0.3) is 11.4 Å². The number of nitrogens with zero attached hydrogens (tertiary/aromatic N) is 3. The lowest BCUT2D eigenvalue weighted by Crippen LogP contribution is -2.39. The van der Waals surface area contributed by atoms with Crippen LogP contribution in [0, 0.1) is 20.8 Å². The third kappa shape index (κ3) is 3.97. The second-order valence-corrected chi connectivity index (χ2v) is 9.71. The van der Waals surface area contributed by atoms with E-state index in [9.17, 15) is 8.42 Å². The van der Waals surface area contributed by atoms with Crippen molar-refractivity contribution in [3.05, 3.63) is 65.0 Å². The summed E-state index contributed by atoms with van der Waals surface area (Å²) in [5.41, 5.74) is 4.10. The first kappa shape index (κ1) is 19.8. The summed E-state index contributed by atoms with van der Waals surface area (Å²) in [6.07, 6.45) is 1.59. The molecule has 2 heterocycles. The number of piperidine rings is 1. The molecular weight excluding hydrogens is 386 g/mol. The highest BCUT2D eigenvalue weighted by Gasteiger charge is 2.33. The van der Waals surface area contributed by atoms with Gasteiger partial charge in [-0.25, -0.2) is 8.42 Å². The zero-order valence-electron chi connectivity index (χ0n) is 16.9. The monoisotopic (exact) mass is 411 g/mol. The Morgan fingerprint density at radius 1 is 1.03 bits per heavy atom. The average Bonchev–Trinajstić information content (AvgIpc) is 3.21. The van der Waals surface area contributed by atoms with Crippen LogP contribution in [0.15, 0.2) is 51.9 Å². The molecule has 1 aromatic heterocycles. The van der Waals surface area contributed by atoms with Gasteiger partial charge in [0.2, 0.25) is 21.7 Å².